The number of halogens is 3. The van der Waals surface area contributed by atoms with Crippen LogP contribution in [-0.4, -0.2) is 30.7 Å². The quantitative estimate of drug-likeness (QED) is 0.422. The van der Waals surface area contributed by atoms with E-state index in [-0.39, 0.29) is 0 Å². The molecule has 0 spiro atoms. The lowest BCUT2D eigenvalue weighted by Crippen LogP contribution is -2.68. The molecule has 0 N–H and O–H groups in total. The normalized spacial score (nSPS) is 11.3. The average Bonchev–Trinajstić information content (AvgIpc) is 2.68. The Morgan fingerprint density at radius 1 is 0.633 bits per heavy atom. The molecular weight excluding hydrogens is 449 g/mol. The molecule has 0 fully saturated rings. The summed E-state index contributed by atoms with van der Waals surface area (Å²) in [4.78, 5) is 0. The van der Waals surface area contributed by atoms with Crippen LogP contribution in [0, 0.1) is 10.2 Å². The molecular formula is C22H40Cl3NO4. The fourth-order valence-electron chi connectivity index (χ4n) is 3.08. The Labute approximate surface area is 195 Å². The van der Waals surface area contributed by atoms with Gasteiger partial charge in [-0.1, -0.05) is 88.7 Å². The molecule has 0 heterocycles. The maximum Gasteiger partial charge on any atom is 0.0786 e. The Hall–Kier alpha value is -0.110. The molecule has 0 saturated heterocycles. The number of unbranched alkanes of at least 4 members (excludes halogenated alkanes) is 4. The molecule has 0 bridgehead atoms. The Bertz CT molecular complexity index is 449. The average molecular weight is 489 g/mol. The maximum absolute atomic E-state index is 8.49. The van der Waals surface area contributed by atoms with Crippen LogP contribution in [0.4, 0.5) is 0 Å². The first-order valence-electron chi connectivity index (χ1n) is 10.9. The zero-order valence-corrected chi connectivity index (χ0v) is 21.3. The fourth-order valence-corrected chi connectivity index (χ4v) is 3.36. The van der Waals surface area contributed by atoms with E-state index in [0.717, 1.165) is 0 Å². The van der Waals surface area contributed by atoms with Crippen molar-refractivity contribution in [3.63, 3.8) is 0 Å². The Morgan fingerprint density at radius 2 is 0.867 bits per heavy atom. The molecule has 0 aliphatic heterocycles. The SMILES string of the molecule is CCCC[N+](CCCC)(CCCC)CCCC.Clc1ccccc1Cl.[O-][Cl+3]([O-])([O-])[O-]. The molecule has 8 heteroatoms. The lowest BCUT2D eigenvalue weighted by atomic mass is 10.1. The van der Waals surface area contributed by atoms with Gasteiger partial charge in [-0.3, -0.25) is 0 Å². The van der Waals surface area contributed by atoms with E-state index in [4.69, 9.17) is 41.8 Å². The van der Waals surface area contributed by atoms with Crippen molar-refractivity contribution >= 4 is 23.2 Å². The van der Waals surface area contributed by atoms with Gasteiger partial charge in [-0.15, -0.1) is 10.2 Å². The second-order valence-electron chi connectivity index (χ2n) is 7.44. The van der Waals surface area contributed by atoms with Crippen molar-refractivity contribution in [2.45, 2.75) is 79.1 Å². The third-order valence-corrected chi connectivity index (χ3v) is 5.52. The molecule has 1 rings (SSSR count). The van der Waals surface area contributed by atoms with E-state index >= 15 is 0 Å². The van der Waals surface area contributed by atoms with Gasteiger partial charge in [-0.05, 0) is 37.8 Å². The largest absolute Gasteiger partial charge is 0.324 e. The minimum Gasteiger partial charge on any atom is -0.324 e. The fraction of sp³-hybridized carbons (Fsp3) is 0.727. The number of benzene rings is 1. The van der Waals surface area contributed by atoms with E-state index in [0.29, 0.717) is 10.0 Å². The van der Waals surface area contributed by atoms with Crippen LogP contribution in [0.3, 0.4) is 0 Å². The summed E-state index contributed by atoms with van der Waals surface area (Å²) >= 11 is 11.2. The van der Waals surface area contributed by atoms with Gasteiger partial charge in [-0.2, -0.15) is 0 Å². The Morgan fingerprint density at radius 3 is 1.03 bits per heavy atom. The number of nitrogens with zero attached hydrogens (tertiary/aromatic N) is 1. The number of rotatable bonds is 12. The minimum absolute atomic E-state index is 0.606. The number of quaternary nitrogens is 1. The highest BCUT2D eigenvalue weighted by Gasteiger charge is 2.24. The van der Waals surface area contributed by atoms with Crippen LogP contribution >= 0.6 is 23.2 Å². The molecule has 0 saturated carbocycles. The van der Waals surface area contributed by atoms with Gasteiger partial charge < -0.3 is 4.48 Å². The van der Waals surface area contributed by atoms with Gasteiger partial charge in [0.05, 0.1) is 36.2 Å². The van der Waals surface area contributed by atoms with Gasteiger partial charge in [-0.25, -0.2) is 18.6 Å². The first kappa shape index (κ1) is 32.1. The molecule has 0 radical (unpaired) electrons. The molecule has 5 nitrogen and oxygen atoms in total. The van der Waals surface area contributed by atoms with E-state index in [2.05, 4.69) is 27.7 Å². The summed E-state index contributed by atoms with van der Waals surface area (Å²) in [6.07, 6.45) is 11.1. The predicted molar refractivity (Wildman–Crippen MR) is 116 cm³/mol. The van der Waals surface area contributed by atoms with Crippen LogP contribution < -0.4 is 18.6 Å². The number of hydrogen-bond donors (Lipinski definition) is 0. The Kier molecular flexibility index (Phi) is 20.9. The van der Waals surface area contributed by atoms with Gasteiger partial charge >= 0.3 is 0 Å². The molecule has 1 aromatic carbocycles. The first-order valence-corrected chi connectivity index (χ1v) is 12.9. The lowest BCUT2D eigenvalue weighted by molar-refractivity contribution is -2.00. The van der Waals surface area contributed by atoms with Gasteiger partial charge in [0.1, 0.15) is 0 Å². The maximum atomic E-state index is 8.49. The zero-order valence-electron chi connectivity index (χ0n) is 19.0. The van der Waals surface area contributed by atoms with Crippen molar-refractivity contribution in [3.05, 3.63) is 34.3 Å². The van der Waals surface area contributed by atoms with Gasteiger partial charge in [0.15, 0.2) is 0 Å². The van der Waals surface area contributed by atoms with Crippen molar-refractivity contribution in [3.8, 4) is 0 Å². The van der Waals surface area contributed by atoms with Crippen molar-refractivity contribution in [2.24, 2.45) is 0 Å². The van der Waals surface area contributed by atoms with Crippen molar-refractivity contribution in [2.75, 3.05) is 26.2 Å². The van der Waals surface area contributed by atoms with Gasteiger partial charge in [0, 0.05) is 0 Å². The zero-order chi connectivity index (χ0) is 23.5. The summed E-state index contributed by atoms with van der Waals surface area (Å²) in [5.41, 5.74) is 0. The molecule has 0 aromatic heterocycles. The topological polar surface area (TPSA) is 92.2 Å². The molecule has 1 aromatic rings. The summed E-state index contributed by atoms with van der Waals surface area (Å²) < 4.78 is 35.4. The highest BCUT2D eigenvalue weighted by atomic mass is 35.7. The number of hydrogen-bond acceptors (Lipinski definition) is 4. The van der Waals surface area contributed by atoms with E-state index in [1.807, 2.05) is 12.1 Å². The monoisotopic (exact) mass is 487 g/mol. The Balaban J connectivity index is 0. The molecule has 0 atom stereocenters. The van der Waals surface area contributed by atoms with Crippen molar-refractivity contribution < 1.29 is 33.4 Å². The first-order chi connectivity index (χ1) is 14.0. The van der Waals surface area contributed by atoms with E-state index in [9.17, 15) is 0 Å². The molecule has 0 aliphatic carbocycles. The van der Waals surface area contributed by atoms with Gasteiger partial charge in [0.2, 0.25) is 0 Å². The summed E-state index contributed by atoms with van der Waals surface area (Å²) in [6, 6.07) is 7.19. The molecule has 30 heavy (non-hydrogen) atoms. The summed E-state index contributed by atoms with van der Waals surface area (Å²) in [5, 5.41) is 1.21. The third kappa shape index (κ3) is 21.1. The van der Waals surface area contributed by atoms with Crippen LogP contribution in [0.1, 0.15) is 79.1 Å². The summed E-state index contributed by atoms with van der Waals surface area (Å²) in [6.45, 7) is 15.0. The second kappa shape index (κ2) is 19.6. The molecule has 178 valence electrons. The van der Waals surface area contributed by atoms with Crippen LogP contribution in [0.5, 0.6) is 0 Å². The minimum atomic E-state index is -4.94. The van der Waals surface area contributed by atoms with Crippen LogP contribution in [0.15, 0.2) is 24.3 Å². The highest BCUT2D eigenvalue weighted by Crippen LogP contribution is 2.19. The van der Waals surface area contributed by atoms with Crippen LogP contribution in [0.2, 0.25) is 10.0 Å². The summed E-state index contributed by atoms with van der Waals surface area (Å²) in [7, 11) is -4.94. The highest BCUT2D eigenvalue weighted by molar-refractivity contribution is 6.41. The molecule has 0 unspecified atom stereocenters. The predicted octanol–water partition coefficient (Wildman–Crippen LogP) is 3.24. The molecule has 0 aliphatic rings. The smallest absolute Gasteiger partial charge is 0.0786 e. The lowest BCUT2D eigenvalue weighted by Gasteiger charge is -2.39. The standard InChI is InChI=1S/C16H36N.C6H4Cl2.ClHO4/c1-5-9-13-17(14-10-6-2,15-11-7-3)16-12-8-4;7-5-3-1-2-4-6(5)8;2-1(3,4)5/h5-16H2,1-4H3;1-4H;(H,2,3,4,5)/q+1;;/p-1. The summed E-state index contributed by atoms with van der Waals surface area (Å²) in [5.74, 6) is 0. The molecule has 0 amide bonds. The van der Waals surface area contributed by atoms with Crippen LogP contribution in [0.25, 0.3) is 0 Å². The van der Waals surface area contributed by atoms with E-state index in [1.54, 1.807) is 12.1 Å². The van der Waals surface area contributed by atoms with Gasteiger partial charge in [0.25, 0.3) is 0 Å². The van der Waals surface area contributed by atoms with Crippen molar-refractivity contribution in [1.82, 2.24) is 0 Å². The van der Waals surface area contributed by atoms with E-state index < -0.39 is 10.2 Å². The third-order valence-electron chi connectivity index (χ3n) is 4.77. The van der Waals surface area contributed by atoms with E-state index in [1.165, 1.54) is 82.0 Å². The second-order valence-corrected chi connectivity index (χ2v) is 9.01. The van der Waals surface area contributed by atoms with Crippen molar-refractivity contribution in [1.29, 1.82) is 0 Å². The van der Waals surface area contributed by atoms with Crippen LogP contribution in [-0.2, 0) is 0 Å².